The van der Waals surface area contributed by atoms with E-state index in [4.69, 9.17) is 63.1 Å². The number of aliphatic hydroxyl groups is 6. The van der Waals surface area contributed by atoms with Gasteiger partial charge in [-0.05, 0) is 115 Å². The Bertz CT molecular complexity index is 4190. The van der Waals surface area contributed by atoms with E-state index >= 15 is 14.4 Å². The molecular weight excluding hydrogens is 1430 g/mol. The zero-order valence-electron chi connectivity index (χ0n) is 58.0. The summed E-state index contributed by atoms with van der Waals surface area (Å²) >= 11 is 14.2. The van der Waals surface area contributed by atoms with Gasteiger partial charge in [-0.3, -0.25) is 33.6 Å². The number of primary amides is 1. The van der Waals surface area contributed by atoms with Crippen LogP contribution in [0.5, 0.6) is 46.0 Å². The molecule has 0 radical (unpaired) electrons. The standard InChI is InChI=1S/C71H85Cl2N9O24/c1-7-29(8-2)25-76-71(6)24-49(101-28(5)62(71)92)105-61-59(91)58(90)47(26-83)104-70(61)106-60-45-19-33-20-46(60)103-44-14-11-32(18-38(44)73)57(89)55-68(98)80-53(69(99)100)36-21-34(84)22-42(86)50(36)35-16-30(9-12-41(35)85)51(65(95)82-55)79-66(96)52(33)78-64(94)40(23-48(75)87)77-67(97)54(81-63(93)39(74)15-27(3)4)56(88)31-10-13-43(102-45)37(72)17-31/h9-14,16-22,27-29,39-40,47,49,51-59,61-62,70,76,83-86,88-92H,7-8,15,23-26,74H2,1-6H3,(H2,75,87)(H,77,97)(H,78,94)(H,79,96)(H,80,98)(H,81,93)(H,82,95)(H,99,100)/t28-,39+,40-,47+,49-,51+,52+,53-,54+,55-,56+,57+,58+,59-,61+,62+,70-,71-/m0/s1. The number of carboxylic acids is 1. The van der Waals surface area contributed by atoms with Crippen molar-refractivity contribution in [3.05, 3.63) is 117 Å². The lowest BCUT2D eigenvalue weighted by atomic mass is 9.84. The highest BCUT2D eigenvalue weighted by molar-refractivity contribution is 6.32. The number of fused-ring (bicyclic) bond motifs is 15. The number of aliphatic carboxylic acids is 1. The van der Waals surface area contributed by atoms with Crippen LogP contribution in [-0.2, 0) is 52.6 Å². The zero-order valence-corrected chi connectivity index (χ0v) is 59.5. The number of nitrogens with two attached hydrogens (primary N) is 2. The number of carbonyl (C=O) groups is 8. The minimum Gasteiger partial charge on any atom is -0.508 e. The molecular formula is C71H85Cl2N9O24. The van der Waals surface area contributed by atoms with Gasteiger partial charge in [0.05, 0.1) is 41.3 Å². The molecule has 572 valence electrons. The Kier molecular flexibility index (Phi) is 24.6. The maximum absolute atomic E-state index is 16.1. The average Bonchev–Trinajstić information content (AvgIpc) is 0.767. The Balaban J connectivity index is 1.23. The molecule has 11 bridgehead atoms. The van der Waals surface area contributed by atoms with Crippen molar-refractivity contribution in [2.45, 2.75) is 183 Å². The van der Waals surface area contributed by atoms with E-state index in [1.54, 1.807) is 27.7 Å². The summed E-state index contributed by atoms with van der Waals surface area (Å²) in [5, 5.41) is 132. The summed E-state index contributed by atoms with van der Waals surface area (Å²) in [4.78, 5) is 117. The second-order valence-corrected chi connectivity index (χ2v) is 28.3. The Morgan fingerprint density at radius 2 is 1.31 bits per heavy atom. The Morgan fingerprint density at radius 1 is 0.708 bits per heavy atom. The topological polar surface area (TPSA) is 530 Å². The summed E-state index contributed by atoms with van der Waals surface area (Å²) in [6.45, 7) is 10.4. The number of halogens is 2. The fourth-order valence-corrected chi connectivity index (χ4v) is 13.8. The van der Waals surface area contributed by atoms with Gasteiger partial charge in [0, 0.05) is 34.7 Å². The van der Waals surface area contributed by atoms with Crippen molar-refractivity contribution in [3.63, 3.8) is 0 Å². The summed E-state index contributed by atoms with van der Waals surface area (Å²) < 4.78 is 39.1. The number of phenols is 3. The Morgan fingerprint density at radius 3 is 1.91 bits per heavy atom. The van der Waals surface area contributed by atoms with Crippen LogP contribution in [0.25, 0.3) is 11.1 Å². The van der Waals surface area contributed by atoms with Gasteiger partial charge in [-0.1, -0.05) is 81.9 Å². The van der Waals surface area contributed by atoms with E-state index in [0.29, 0.717) is 6.54 Å². The normalized spacial score (nSPS) is 28.7. The number of carbonyl (C=O) groups excluding carboxylic acids is 7. The van der Waals surface area contributed by atoms with Crippen LogP contribution in [0.2, 0.25) is 10.0 Å². The van der Waals surface area contributed by atoms with Gasteiger partial charge >= 0.3 is 5.97 Å². The number of rotatable bonds is 17. The number of benzene rings is 5. The lowest BCUT2D eigenvalue weighted by molar-refractivity contribution is -0.334. The molecule has 21 N–H and O–H groups in total. The molecule has 35 heteroatoms. The molecule has 12 rings (SSSR count). The molecule has 33 nitrogen and oxygen atoms in total. The summed E-state index contributed by atoms with van der Waals surface area (Å²) in [7, 11) is 0. The highest BCUT2D eigenvalue weighted by Gasteiger charge is 2.52. The molecule has 5 aromatic rings. The van der Waals surface area contributed by atoms with Crippen molar-refractivity contribution >= 4 is 70.5 Å². The van der Waals surface area contributed by atoms with Gasteiger partial charge in [0.1, 0.15) is 89.5 Å². The number of nitrogens with one attached hydrogen (secondary N) is 7. The Hall–Kier alpha value is -9.20. The zero-order chi connectivity index (χ0) is 77.2. The lowest BCUT2D eigenvalue weighted by Gasteiger charge is -2.48. The van der Waals surface area contributed by atoms with Gasteiger partial charge in [-0.2, -0.15) is 0 Å². The molecule has 0 aromatic heterocycles. The smallest absolute Gasteiger partial charge is 0.330 e. The van der Waals surface area contributed by atoms with Gasteiger partial charge in [0.25, 0.3) is 0 Å². The van der Waals surface area contributed by atoms with Crippen LogP contribution < -0.4 is 62.9 Å². The first-order chi connectivity index (χ1) is 50.1. The predicted molar refractivity (Wildman–Crippen MR) is 372 cm³/mol. The van der Waals surface area contributed by atoms with Crippen LogP contribution in [0.4, 0.5) is 0 Å². The number of aromatic hydroxyl groups is 3. The first kappa shape index (κ1) is 79.4. The molecule has 2 saturated heterocycles. The fourth-order valence-electron chi connectivity index (χ4n) is 13.4. The van der Waals surface area contributed by atoms with Crippen LogP contribution in [0.15, 0.2) is 78.9 Å². The molecule has 0 spiro atoms. The maximum atomic E-state index is 16.1. The van der Waals surface area contributed by atoms with Crippen molar-refractivity contribution in [1.82, 2.24) is 37.2 Å². The van der Waals surface area contributed by atoms with Crippen molar-refractivity contribution in [2.75, 3.05) is 13.2 Å². The number of amides is 7. The molecule has 7 aliphatic rings. The van der Waals surface area contributed by atoms with Crippen molar-refractivity contribution in [3.8, 4) is 57.1 Å². The van der Waals surface area contributed by atoms with Crippen LogP contribution in [0.3, 0.4) is 0 Å². The lowest BCUT2D eigenvalue weighted by Crippen LogP contribution is -2.65. The van der Waals surface area contributed by atoms with E-state index in [2.05, 4.69) is 37.2 Å². The summed E-state index contributed by atoms with van der Waals surface area (Å²) in [5.74, 6) is -16.0. The summed E-state index contributed by atoms with van der Waals surface area (Å²) in [6.07, 6.45) is -16.7. The Labute approximate surface area is 616 Å². The summed E-state index contributed by atoms with van der Waals surface area (Å²) in [5.41, 5.74) is 8.04. The first-order valence-corrected chi connectivity index (χ1v) is 34.9. The molecule has 5 aromatic carbocycles. The van der Waals surface area contributed by atoms with Gasteiger partial charge in [0.2, 0.25) is 53.4 Å². The molecule has 2 fully saturated rings. The van der Waals surface area contributed by atoms with Gasteiger partial charge in [-0.25, -0.2) is 4.79 Å². The van der Waals surface area contributed by atoms with Crippen molar-refractivity contribution in [2.24, 2.45) is 23.3 Å². The van der Waals surface area contributed by atoms with Gasteiger partial charge in [-0.15, -0.1) is 0 Å². The van der Waals surface area contributed by atoms with Gasteiger partial charge < -0.3 is 128 Å². The molecule has 7 aliphatic heterocycles. The third-order valence-corrected chi connectivity index (χ3v) is 20.0. The fraction of sp³-hybridized carbons (Fsp3) is 0.465. The van der Waals surface area contributed by atoms with Crippen molar-refractivity contribution in [1.29, 1.82) is 0 Å². The SMILES string of the molecule is CCC(CC)CN[C@@]1(C)C[C@H](O[C@H]2[C@H](Oc3c4cc5cc3Oc3ccc(cc3Cl)[C@@H](O)[C@@H](NC(=O)[C@H](N)CC(C)C)C(=O)N[C@@H](CC(N)=O)C(=O)N[C@H]5C(=O)N[C@H]3C(=O)N[C@H](C(=O)N[C@H](C(=O)O)c5cc(O)cc(O)c5-c5cc3ccc5O)[C@H](O)c3ccc(c(Cl)c3)O4)O[C@H](CO)[C@@H](O)[C@@H]2O)O[C@@H](C)[C@H]1O. The molecule has 0 unspecified atom stereocenters. The number of hydrogen-bond donors (Lipinski definition) is 19. The van der Waals surface area contributed by atoms with Crippen LogP contribution in [0, 0.1) is 11.8 Å². The highest BCUT2D eigenvalue weighted by Crippen LogP contribution is 2.50. The van der Waals surface area contributed by atoms with E-state index in [0.717, 1.165) is 79.6 Å². The average molecular weight is 1520 g/mol. The highest BCUT2D eigenvalue weighted by atomic mass is 35.5. The molecule has 0 aliphatic carbocycles. The number of aliphatic hydroxyl groups excluding tert-OH is 6. The third kappa shape index (κ3) is 17.1. The van der Waals surface area contributed by atoms with E-state index < -0.39 is 231 Å². The maximum Gasteiger partial charge on any atom is 0.330 e. The number of ether oxygens (including phenoxy) is 6. The number of phenolic OH excluding ortho intramolecular Hbond substituents is 3. The quantitative estimate of drug-likeness (QED) is 0.0632. The van der Waals surface area contributed by atoms with E-state index in [1.165, 1.54) is 12.1 Å². The van der Waals surface area contributed by atoms with E-state index in [-0.39, 0.29) is 57.9 Å². The predicted octanol–water partition coefficient (Wildman–Crippen LogP) is 1.91. The summed E-state index contributed by atoms with van der Waals surface area (Å²) in [6, 6.07) is -0.977. The molecule has 18 atom stereocenters. The molecule has 0 saturated carbocycles. The molecule has 7 amide bonds. The van der Waals surface area contributed by atoms with Gasteiger partial charge in [0.15, 0.2) is 29.9 Å². The van der Waals surface area contributed by atoms with Crippen molar-refractivity contribution < 1.29 is 118 Å². The van der Waals surface area contributed by atoms with E-state index in [1.807, 2.05) is 13.8 Å². The van der Waals surface area contributed by atoms with E-state index in [9.17, 15) is 75.0 Å². The molecule has 106 heavy (non-hydrogen) atoms. The first-order valence-electron chi connectivity index (χ1n) is 34.1. The monoisotopic (exact) mass is 1520 g/mol. The molecule has 7 heterocycles. The minimum absolute atomic E-state index is 0.0763. The van der Waals surface area contributed by atoms with Crippen LogP contribution >= 0.6 is 23.2 Å². The minimum atomic E-state index is -2.35. The number of hydrogen-bond acceptors (Lipinski definition) is 25. The third-order valence-electron chi connectivity index (χ3n) is 19.4. The number of carboxylic acid groups (broad SMARTS) is 1. The second kappa shape index (κ2) is 32.9. The van der Waals surface area contributed by atoms with Crippen LogP contribution in [-0.4, -0.2) is 190 Å². The van der Waals surface area contributed by atoms with Crippen LogP contribution in [0.1, 0.15) is 132 Å². The largest absolute Gasteiger partial charge is 0.508 e. The second-order valence-electron chi connectivity index (χ2n) is 27.5.